The van der Waals surface area contributed by atoms with Crippen LogP contribution in [0.15, 0.2) is 24.3 Å². The first-order valence-corrected chi connectivity index (χ1v) is 6.75. The Morgan fingerprint density at radius 1 is 1.29 bits per heavy atom. The fourth-order valence-electron chi connectivity index (χ4n) is 1.99. The molecule has 0 saturated carbocycles. The molecule has 0 amide bonds. The van der Waals surface area contributed by atoms with E-state index in [9.17, 15) is 0 Å². The predicted octanol–water partition coefficient (Wildman–Crippen LogP) is 4.30. The van der Waals surface area contributed by atoms with Crippen molar-refractivity contribution in [3.8, 4) is 0 Å². The van der Waals surface area contributed by atoms with Crippen molar-refractivity contribution in [1.82, 2.24) is 5.32 Å². The van der Waals surface area contributed by atoms with Crippen molar-refractivity contribution < 1.29 is 0 Å². The van der Waals surface area contributed by atoms with E-state index in [-0.39, 0.29) is 0 Å². The van der Waals surface area contributed by atoms with Gasteiger partial charge in [0.1, 0.15) is 0 Å². The molecular weight excluding hydrogens is 230 g/mol. The van der Waals surface area contributed by atoms with Gasteiger partial charge in [-0.2, -0.15) is 0 Å². The molecule has 0 atom stereocenters. The van der Waals surface area contributed by atoms with Gasteiger partial charge in [-0.1, -0.05) is 51.4 Å². The molecule has 1 aromatic carbocycles. The van der Waals surface area contributed by atoms with Crippen molar-refractivity contribution in [2.24, 2.45) is 5.41 Å². The molecule has 0 bridgehead atoms. The molecule has 0 saturated heterocycles. The van der Waals surface area contributed by atoms with Crippen molar-refractivity contribution in [1.29, 1.82) is 0 Å². The standard InChI is InChI=1S/C15H24ClN/c1-12(2)17-9-8-15(3,4)11-13-6-5-7-14(16)10-13/h5-7,10,12,17H,8-9,11H2,1-4H3. The van der Waals surface area contributed by atoms with Gasteiger partial charge >= 0.3 is 0 Å². The highest BCUT2D eigenvalue weighted by Crippen LogP contribution is 2.26. The summed E-state index contributed by atoms with van der Waals surface area (Å²) in [6, 6.07) is 8.75. The van der Waals surface area contributed by atoms with E-state index in [4.69, 9.17) is 11.6 Å². The number of hydrogen-bond acceptors (Lipinski definition) is 1. The Balaban J connectivity index is 2.48. The minimum absolute atomic E-state index is 0.312. The summed E-state index contributed by atoms with van der Waals surface area (Å²) >= 11 is 6.01. The lowest BCUT2D eigenvalue weighted by Gasteiger charge is -2.25. The zero-order chi connectivity index (χ0) is 12.9. The van der Waals surface area contributed by atoms with Crippen LogP contribution in [0.5, 0.6) is 0 Å². The maximum absolute atomic E-state index is 6.01. The SMILES string of the molecule is CC(C)NCCC(C)(C)Cc1cccc(Cl)c1. The van der Waals surface area contributed by atoms with Crippen LogP contribution in [0.1, 0.15) is 39.7 Å². The topological polar surface area (TPSA) is 12.0 Å². The number of nitrogens with one attached hydrogen (secondary N) is 1. The van der Waals surface area contributed by atoms with Gasteiger partial charge in [-0.15, -0.1) is 0 Å². The van der Waals surface area contributed by atoms with Crippen molar-refractivity contribution in [2.75, 3.05) is 6.54 Å². The second-order valence-corrected chi connectivity index (χ2v) is 6.27. The summed E-state index contributed by atoms with van der Waals surface area (Å²) in [4.78, 5) is 0. The van der Waals surface area contributed by atoms with Crippen LogP contribution in [0.3, 0.4) is 0 Å². The molecule has 1 rings (SSSR count). The average molecular weight is 254 g/mol. The first-order valence-electron chi connectivity index (χ1n) is 6.37. The van der Waals surface area contributed by atoms with Gasteiger partial charge in [0, 0.05) is 11.1 Å². The smallest absolute Gasteiger partial charge is 0.0408 e. The van der Waals surface area contributed by atoms with E-state index in [2.05, 4.69) is 45.1 Å². The maximum atomic E-state index is 6.01. The third-order valence-electron chi connectivity index (χ3n) is 2.93. The first-order chi connectivity index (χ1) is 7.89. The van der Waals surface area contributed by atoms with Gasteiger partial charge < -0.3 is 5.32 Å². The van der Waals surface area contributed by atoms with Crippen LogP contribution in [0.25, 0.3) is 0 Å². The van der Waals surface area contributed by atoms with Gasteiger partial charge in [-0.05, 0) is 42.5 Å². The molecule has 0 aromatic heterocycles. The zero-order valence-corrected chi connectivity index (χ0v) is 12.1. The number of rotatable bonds is 6. The van der Waals surface area contributed by atoms with Crippen LogP contribution in [-0.4, -0.2) is 12.6 Å². The van der Waals surface area contributed by atoms with Gasteiger partial charge in [0.25, 0.3) is 0 Å². The van der Waals surface area contributed by atoms with E-state index in [1.165, 1.54) is 12.0 Å². The monoisotopic (exact) mass is 253 g/mol. The predicted molar refractivity (Wildman–Crippen MR) is 76.7 cm³/mol. The van der Waals surface area contributed by atoms with Crippen molar-refractivity contribution in [3.05, 3.63) is 34.9 Å². The second-order valence-electron chi connectivity index (χ2n) is 5.83. The van der Waals surface area contributed by atoms with Crippen molar-refractivity contribution >= 4 is 11.6 Å². The van der Waals surface area contributed by atoms with E-state index >= 15 is 0 Å². The van der Waals surface area contributed by atoms with Crippen molar-refractivity contribution in [3.63, 3.8) is 0 Å². The second kappa shape index (κ2) is 6.42. The third-order valence-corrected chi connectivity index (χ3v) is 3.16. The number of halogens is 1. The van der Waals surface area contributed by atoms with Crippen LogP contribution in [0, 0.1) is 5.41 Å². The van der Waals surface area contributed by atoms with Crippen LogP contribution in [-0.2, 0) is 6.42 Å². The van der Waals surface area contributed by atoms with E-state index < -0.39 is 0 Å². The minimum Gasteiger partial charge on any atom is -0.315 e. The molecule has 0 spiro atoms. The normalized spacial score (nSPS) is 12.1. The van der Waals surface area contributed by atoms with E-state index in [1.54, 1.807) is 0 Å². The first kappa shape index (κ1) is 14.5. The van der Waals surface area contributed by atoms with Crippen LogP contribution in [0.4, 0.5) is 0 Å². The fraction of sp³-hybridized carbons (Fsp3) is 0.600. The molecule has 0 heterocycles. The molecule has 2 heteroatoms. The summed E-state index contributed by atoms with van der Waals surface area (Å²) in [5.41, 5.74) is 1.64. The molecular formula is C15H24ClN. The Morgan fingerprint density at radius 2 is 2.00 bits per heavy atom. The number of benzene rings is 1. The summed E-state index contributed by atoms with van der Waals surface area (Å²) in [5, 5.41) is 4.30. The number of hydrogen-bond donors (Lipinski definition) is 1. The Morgan fingerprint density at radius 3 is 2.59 bits per heavy atom. The lowest BCUT2D eigenvalue weighted by Crippen LogP contribution is -2.28. The van der Waals surface area contributed by atoms with E-state index in [0.29, 0.717) is 11.5 Å². The van der Waals surface area contributed by atoms with Crippen molar-refractivity contribution in [2.45, 2.75) is 46.6 Å². The molecule has 0 aliphatic carbocycles. The Kier molecular flexibility index (Phi) is 5.48. The Bertz CT molecular complexity index is 345. The van der Waals surface area contributed by atoms with Gasteiger partial charge in [0.15, 0.2) is 0 Å². The highest BCUT2D eigenvalue weighted by molar-refractivity contribution is 6.30. The molecule has 0 aliphatic rings. The molecule has 0 fully saturated rings. The van der Waals surface area contributed by atoms with Crippen LogP contribution < -0.4 is 5.32 Å². The molecule has 17 heavy (non-hydrogen) atoms. The van der Waals surface area contributed by atoms with Gasteiger partial charge in [-0.3, -0.25) is 0 Å². The quantitative estimate of drug-likeness (QED) is 0.797. The maximum Gasteiger partial charge on any atom is 0.0408 e. The van der Waals surface area contributed by atoms with Crippen LogP contribution in [0.2, 0.25) is 5.02 Å². The lowest BCUT2D eigenvalue weighted by molar-refractivity contribution is 0.320. The van der Waals surface area contributed by atoms with Gasteiger partial charge in [0.2, 0.25) is 0 Å². The molecule has 0 radical (unpaired) electrons. The van der Waals surface area contributed by atoms with Gasteiger partial charge in [0.05, 0.1) is 0 Å². The van der Waals surface area contributed by atoms with Gasteiger partial charge in [-0.25, -0.2) is 0 Å². The fourth-order valence-corrected chi connectivity index (χ4v) is 2.20. The summed E-state index contributed by atoms with van der Waals surface area (Å²) < 4.78 is 0. The summed E-state index contributed by atoms with van der Waals surface area (Å²) in [5.74, 6) is 0. The molecule has 96 valence electrons. The molecule has 1 N–H and O–H groups in total. The van der Waals surface area contributed by atoms with E-state index in [1.807, 2.05) is 12.1 Å². The molecule has 0 aliphatic heterocycles. The summed E-state index contributed by atoms with van der Waals surface area (Å²) in [6.07, 6.45) is 2.25. The average Bonchev–Trinajstić information content (AvgIpc) is 2.15. The lowest BCUT2D eigenvalue weighted by atomic mass is 9.82. The summed E-state index contributed by atoms with van der Waals surface area (Å²) in [7, 11) is 0. The van der Waals surface area contributed by atoms with Crippen LogP contribution >= 0.6 is 11.6 Å². The minimum atomic E-state index is 0.312. The Hall–Kier alpha value is -0.530. The molecule has 1 nitrogen and oxygen atoms in total. The largest absolute Gasteiger partial charge is 0.315 e. The third kappa shape index (κ3) is 6.09. The van der Waals surface area contributed by atoms with E-state index in [0.717, 1.165) is 18.0 Å². The molecule has 1 aromatic rings. The highest BCUT2D eigenvalue weighted by atomic mass is 35.5. The molecule has 0 unspecified atom stereocenters. The highest BCUT2D eigenvalue weighted by Gasteiger charge is 2.18. The zero-order valence-electron chi connectivity index (χ0n) is 11.4. The summed E-state index contributed by atoms with van der Waals surface area (Å²) in [6.45, 7) is 10.1. The Labute approximate surface area is 111 Å².